The lowest BCUT2D eigenvalue weighted by atomic mass is 10.1. The zero-order valence-corrected chi connectivity index (χ0v) is 12.7. The van der Waals surface area contributed by atoms with E-state index in [4.69, 9.17) is 5.41 Å². The number of hydrogen-bond donors (Lipinski definition) is 3. The van der Waals surface area contributed by atoms with Crippen molar-refractivity contribution in [1.29, 1.82) is 5.41 Å². The van der Waals surface area contributed by atoms with Gasteiger partial charge in [0.15, 0.2) is 10.8 Å². The predicted molar refractivity (Wildman–Crippen MR) is 79.4 cm³/mol. The standard InChI is InChI=1S/C15H24N4O/c1-9(2)17-15(20)13-14(16)19(10(3)4)12-8-6-5-7-11(12)18-13/h8-10,16-17,20H,5-7H2,1-4H3/b15-13+,16-14?. The molecule has 0 aliphatic heterocycles. The van der Waals surface area contributed by atoms with Gasteiger partial charge in [-0.2, -0.15) is 0 Å². The second-order valence-electron chi connectivity index (χ2n) is 5.85. The van der Waals surface area contributed by atoms with E-state index in [2.05, 4.69) is 30.2 Å². The van der Waals surface area contributed by atoms with Crippen molar-refractivity contribution in [3.63, 3.8) is 0 Å². The number of nitrogens with one attached hydrogen (secondary N) is 2. The summed E-state index contributed by atoms with van der Waals surface area (Å²) in [6.07, 6.45) is 5.16. The van der Waals surface area contributed by atoms with Gasteiger partial charge in [-0.3, -0.25) is 5.41 Å². The summed E-state index contributed by atoms with van der Waals surface area (Å²) in [5.74, 6) is -0.00669. The Kier molecular flexibility index (Phi) is 4.16. The first-order valence-electron chi connectivity index (χ1n) is 7.27. The van der Waals surface area contributed by atoms with Crippen LogP contribution in [0.15, 0.2) is 0 Å². The molecule has 0 amide bonds. The summed E-state index contributed by atoms with van der Waals surface area (Å²) in [5.41, 5.74) is 1.25. The molecule has 0 aromatic carbocycles. The van der Waals surface area contributed by atoms with E-state index in [-0.39, 0.29) is 23.5 Å². The van der Waals surface area contributed by atoms with E-state index in [1.165, 1.54) is 0 Å². The summed E-state index contributed by atoms with van der Waals surface area (Å²) in [7, 11) is 0. The van der Waals surface area contributed by atoms with E-state index in [0.29, 0.717) is 5.35 Å². The summed E-state index contributed by atoms with van der Waals surface area (Å²) in [4.78, 5) is 4.52. The van der Waals surface area contributed by atoms with Gasteiger partial charge >= 0.3 is 0 Å². The predicted octanol–water partition coefficient (Wildman–Crippen LogP) is 0.682. The first-order chi connectivity index (χ1) is 9.41. The van der Waals surface area contributed by atoms with Crippen LogP contribution in [-0.2, 0) is 6.42 Å². The smallest absolute Gasteiger partial charge is 0.214 e. The summed E-state index contributed by atoms with van der Waals surface area (Å²) in [6, 6.07) is 0.269. The Labute approximate surface area is 119 Å². The van der Waals surface area contributed by atoms with E-state index in [9.17, 15) is 5.11 Å². The van der Waals surface area contributed by atoms with E-state index in [1.54, 1.807) is 0 Å². The molecule has 0 atom stereocenters. The number of aliphatic hydroxyl groups excluding tert-OH is 1. The number of fused-ring (bicyclic) bond motifs is 1. The fourth-order valence-electron chi connectivity index (χ4n) is 2.57. The molecule has 0 saturated heterocycles. The van der Waals surface area contributed by atoms with Gasteiger partial charge < -0.3 is 15.0 Å². The Morgan fingerprint density at radius 2 is 2.10 bits per heavy atom. The Bertz CT molecular complexity index is 670. The molecule has 5 heteroatoms. The molecule has 2 rings (SSSR count). The molecule has 20 heavy (non-hydrogen) atoms. The highest BCUT2D eigenvalue weighted by Crippen LogP contribution is 2.04. The SMILES string of the molecule is CC(C)N/C(O)=c1\nc2c(n(C(C)C)c1=N)=CCCC2. The third-order valence-corrected chi connectivity index (χ3v) is 3.39. The van der Waals surface area contributed by atoms with Crippen molar-refractivity contribution < 1.29 is 5.11 Å². The van der Waals surface area contributed by atoms with Crippen molar-refractivity contribution in [3.05, 3.63) is 21.9 Å². The van der Waals surface area contributed by atoms with Crippen LogP contribution in [0.3, 0.4) is 0 Å². The van der Waals surface area contributed by atoms with Crippen LogP contribution < -0.4 is 21.5 Å². The van der Waals surface area contributed by atoms with Crippen molar-refractivity contribution in [3.8, 4) is 0 Å². The van der Waals surface area contributed by atoms with E-state index in [1.807, 2.05) is 18.4 Å². The van der Waals surface area contributed by atoms with Crippen molar-refractivity contribution in [2.75, 3.05) is 0 Å². The van der Waals surface area contributed by atoms with Crippen molar-refractivity contribution in [2.45, 2.75) is 59.0 Å². The summed E-state index contributed by atoms with van der Waals surface area (Å²) >= 11 is 0. The minimum absolute atomic E-state index is 0.00669. The normalized spacial score (nSPS) is 15.9. The molecule has 5 nitrogen and oxygen atoms in total. The van der Waals surface area contributed by atoms with Crippen LogP contribution >= 0.6 is 0 Å². The Hall–Kier alpha value is -1.78. The molecule has 110 valence electrons. The zero-order valence-electron chi connectivity index (χ0n) is 12.7. The Balaban J connectivity index is 2.80. The monoisotopic (exact) mass is 276 g/mol. The summed E-state index contributed by atoms with van der Waals surface area (Å²) < 4.78 is 1.95. The third kappa shape index (κ3) is 2.71. The topological polar surface area (TPSA) is 73.9 Å². The largest absolute Gasteiger partial charge is 0.493 e. The lowest BCUT2D eigenvalue weighted by Gasteiger charge is -2.18. The van der Waals surface area contributed by atoms with E-state index >= 15 is 0 Å². The van der Waals surface area contributed by atoms with Crippen LogP contribution in [0.5, 0.6) is 0 Å². The molecule has 1 aromatic heterocycles. The molecule has 1 heterocycles. The first kappa shape index (κ1) is 14.6. The van der Waals surface area contributed by atoms with Crippen LogP contribution in [0, 0.1) is 5.41 Å². The van der Waals surface area contributed by atoms with Gasteiger partial charge in [0, 0.05) is 12.1 Å². The highest BCUT2D eigenvalue weighted by Gasteiger charge is 2.13. The molecule has 0 bridgehead atoms. The Morgan fingerprint density at radius 3 is 2.70 bits per heavy atom. The first-order valence-corrected chi connectivity index (χ1v) is 7.27. The maximum Gasteiger partial charge on any atom is 0.214 e. The lowest BCUT2D eigenvalue weighted by Crippen LogP contribution is -2.50. The molecular formula is C15H24N4O. The van der Waals surface area contributed by atoms with Crippen LogP contribution in [-0.4, -0.2) is 20.7 Å². The fourth-order valence-corrected chi connectivity index (χ4v) is 2.57. The highest BCUT2D eigenvalue weighted by molar-refractivity contribution is 5.31. The molecule has 0 spiro atoms. The van der Waals surface area contributed by atoms with Gasteiger partial charge in [-0.05, 0) is 47.0 Å². The van der Waals surface area contributed by atoms with Crippen molar-refractivity contribution in [1.82, 2.24) is 14.9 Å². The van der Waals surface area contributed by atoms with E-state index < -0.39 is 0 Å². The van der Waals surface area contributed by atoms with Crippen molar-refractivity contribution in [2.24, 2.45) is 0 Å². The van der Waals surface area contributed by atoms with Gasteiger partial charge in [0.1, 0.15) is 0 Å². The number of rotatable bonds is 3. The number of hydrogen-bond acceptors (Lipinski definition) is 4. The molecule has 1 aliphatic rings. The molecule has 0 unspecified atom stereocenters. The second kappa shape index (κ2) is 5.69. The maximum atomic E-state index is 10.2. The summed E-state index contributed by atoms with van der Waals surface area (Å²) in [5, 5.41) is 22.9. The number of aryl methyl sites for hydroxylation is 1. The highest BCUT2D eigenvalue weighted by atomic mass is 16.3. The van der Waals surface area contributed by atoms with Gasteiger partial charge in [0.2, 0.25) is 5.88 Å². The fraction of sp³-hybridized carbons (Fsp3) is 0.600. The molecule has 3 N–H and O–H groups in total. The van der Waals surface area contributed by atoms with Gasteiger partial charge in [0.05, 0.1) is 11.0 Å². The second-order valence-corrected chi connectivity index (χ2v) is 5.85. The third-order valence-electron chi connectivity index (χ3n) is 3.39. The molecular weight excluding hydrogens is 252 g/mol. The maximum absolute atomic E-state index is 10.2. The molecule has 1 aromatic rings. The minimum Gasteiger partial charge on any atom is -0.493 e. The Morgan fingerprint density at radius 1 is 1.40 bits per heavy atom. The molecule has 1 aliphatic carbocycles. The molecule has 0 fully saturated rings. The van der Waals surface area contributed by atoms with Gasteiger partial charge in [0.25, 0.3) is 0 Å². The molecule has 0 radical (unpaired) electrons. The van der Waals surface area contributed by atoms with E-state index in [0.717, 1.165) is 30.3 Å². The minimum atomic E-state index is -0.00669. The van der Waals surface area contributed by atoms with Gasteiger partial charge in [-0.15, -0.1) is 0 Å². The number of aromatic nitrogens is 2. The van der Waals surface area contributed by atoms with Crippen LogP contribution in [0.1, 0.15) is 52.3 Å². The quantitative estimate of drug-likeness (QED) is 0.760. The van der Waals surface area contributed by atoms with Gasteiger partial charge in [-0.1, -0.05) is 6.08 Å². The van der Waals surface area contributed by atoms with Gasteiger partial charge in [-0.25, -0.2) is 4.98 Å². The lowest BCUT2D eigenvalue weighted by molar-refractivity contribution is 0.433. The van der Waals surface area contributed by atoms with Crippen molar-refractivity contribution >= 4 is 12.0 Å². The average molecular weight is 276 g/mol. The zero-order chi connectivity index (χ0) is 14.9. The molecule has 0 saturated carbocycles. The van der Waals surface area contributed by atoms with Crippen LogP contribution in [0.25, 0.3) is 12.0 Å². The van der Waals surface area contributed by atoms with Crippen LogP contribution in [0.4, 0.5) is 0 Å². The number of nitrogens with zero attached hydrogens (tertiary/aromatic N) is 2. The summed E-state index contributed by atoms with van der Waals surface area (Å²) in [6.45, 7) is 8.00. The van der Waals surface area contributed by atoms with Crippen LogP contribution in [0.2, 0.25) is 0 Å². The average Bonchev–Trinajstić information content (AvgIpc) is 2.36. The number of aliphatic hydroxyl groups is 1.